The molecule has 1 heterocycles. The molecular formula is C9H8Cl2N2S. The molecule has 1 unspecified atom stereocenters. The molecule has 0 radical (unpaired) electrons. The largest absolute Gasteiger partial charge is 0.356 e. The van der Waals surface area contributed by atoms with Crippen LogP contribution in [0.5, 0.6) is 0 Å². The van der Waals surface area contributed by atoms with E-state index >= 15 is 0 Å². The first kappa shape index (κ1) is 10.0. The van der Waals surface area contributed by atoms with E-state index in [4.69, 9.17) is 35.4 Å². The van der Waals surface area contributed by atoms with E-state index in [0.717, 1.165) is 11.3 Å². The monoisotopic (exact) mass is 246 g/mol. The van der Waals surface area contributed by atoms with Gasteiger partial charge in [-0.1, -0.05) is 23.2 Å². The third-order valence-corrected chi connectivity index (χ3v) is 3.03. The van der Waals surface area contributed by atoms with Gasteiger partial charge in [0.25, 0.3) is 0 Å². The Labute approximate surface area is 97.6 Å². The first-order valence-corrected chi connectivity index (χ1v) is 5.31. The Morgan fingerprint density at radius 3 is 2.64 bits per heavy atom. The topological polar surface area (TPSA) is 24.1 Å². The van der Waals surface area contributed by atoms with Crippen molar-refractivity contribution in [3.05, 3.63) is 27.7 Å². The fraction of sp³-hybridized carbons (Fsp3) is 0.222. The SMILES string of the molecule is CC1NC(=S)Nc2c(Cl)ccc(Cl)c21. The van der Waals surface area contributed by atoms with Crippen LogP contribution in [0.3, 0.4) is 0 Å². The first-order chi connectivity index (χ1) is 6.59. The van der Waals surface area contributed by atoms with E-state index in [9.17, 15) is 0 Å². The van der Waals surface area contributed by atoms with Gasteiger partial charge in [-0.15, -0.1) is 0 Å². The van der Waals surface area contributed by atoms with Gasteiger partial charge in [-0.25, -0.2) is 0 Å². The second kappa shape index (κ2) is 3.57. The van der Waals surface area contributed by atoms with Crippen LogP contribution in [0.2, 0.25) is 10.0 Å². The van der Waals surface area contributed by atoms with Crippen LogP contribution in [0.25, 0.3) is 0 Å². The predicted octanol–water partition coefficient (Wildman–Crippen LogP) is 3.35. The zero-order valence-corrected chi connectivity index (χ0v) is 9.72. The number of hydrogen-bond acceptors (Lipinski definition) is 1. The van der Waals surface area contributed by atoms with Crippen LogP contribution in [0, 0.1) is 0 Å². The van der Waals surface area contributed by atoms with Crippen molar-refractivity contribution in [1.82, 2.24) is 5.32 Å². The van der Waals surface area contributed by atoms with Gasteiger partial charge in [0.05, 0.1) is 16.8 Å². The van der Waals surface area contributed by atoms with Crippen LogP contribution in [-0.2, 0) is 0 Å². The zero-order chi connectivity index (χ0) is 10.3. The highest BCUT2D eigenvalue weighted by molar-refractivity contribution is 7.80. The maximum Gasteiger partial charge on any atom is 0.171 e. The molecule has 2 rings (SSSR count). The summed E-state index contributed by atoms with van der Waals surface area (Å²) in [7, 11) is 0. The van der Waals surface area contributed by atoms with Gasteiger partial charge in [0.15, 0.2) is 5.11 Å². The minimum Gasteiger partial charge on any atom is -0.356 e. The van der Waals surface area contributed by atoms with Gasteiger partial charge in [-0.05, 0) is 31.3 Å². The van der Waals surface area contributed by atoms with Crippen molar-refractivity contribution in [2.24, 2.45) is 0 Å². The van der Waals surface area contributed by atoms with E-state index in [1.54, 1.807) is 12.1 Å². The molecule has 0 aliphatic carbocycles. The summed E-state index contributed by atoms with van der Waals surface area (Å²) in [4.78, 5) is 0. The van der Waals surface area contributed by atoms with Crippen molar-refractivity contribution in [3.8, 4) is 0 Å². The molecule has 5 heteroatoms. The standard InChI is InChI=1S/C9H8Cl2N2S/c1-4-7-5(10)2-3-6(11)8(7)13-9(14)12-4/h2-4H,1H3,(H2,12,13,14). The van der Waals surface area contributed by atoms with E-state index < -0.39 is 0 Å². The Kier molecular flexibility index (Phi) is 2.56. The molecule has 0 saturated heterocycles. The van der Waals surface area contributed by atoms with Gasteiger partial charge in [0.2, 0.25) is 0 Å². The Balaban J connectivity index is 2.63. The first-order valence-electron chi connectivity index (χ1n) is 4.15. The van der Waals surface area contributed by atoms with Gasteiger partial charge in [0.1, 0.15) is 0 Å². The van der Waals surface area contributed by atoms with Crippen molar-refractivity contribution in [2.45, 2.75) is 13.0 Å². The quantitative estimate of drug-likeness (QED) is 0.687. The third-order valence-electron chi connectivity index (χ3n) is 2.16. The molecular weight excluding hydrogens is 239 g/mol. The normalized spacial score (nSPS) is 19.6. The number of nitrogens with one attached hydrogen (secondary N) is 2. The summed E-state index contributed by atoms with van der Waals surface area (Å²) < 4.78 is 0. The average Bonchev–Trinajstić information content (AvgIpc) is 2.10. The van der Waals surface area contributed by atoms with E-state index in [0.29, 0.717) is 15.2 Å². The molecule has 1 aromatic rings. The summed E-state index contributed by atoms with van der Waals surface area (Å²) >= 11 is 17.1. The van der Waals surface area contributed by atoms with Crippen molar-refractivity contribution in [3.63, 3.8) is 0 Å². The summed E-state index contributed by atoms with van der Waals surface area (Å²) in [5.74, 6) is 0. The van der Waals surface area contributed by atoms with E-state index in [1.165, 1.54) is 0 Å². The zero-order valence-electron chi connectivity index (χ0n) is 7.40. The highest BCUT2D eigenvalue weighted by Gasteiger charge is 2.23. The predicted molar refractivity (Wildman–Crippen MR) is 64.2 cm³/mol. The smallest absolute Gasteiger partial charge is 0.171 e. The molecule has 0 amide bonds. The van der Waals surface area contributed by atoms with Crippen LogP contribution in [0.4, 0.5) is 5.69 Å². The highest BCUT2D eigenvalue weighted by atomic mass is 35.5. The molecule has 0 bridgehead atoms. The summed E-state index contributed by atoms with van der Waals surface area (Å²) in [5, 5.41) is 7.99. The van der Waals surface area contributed by atoms with Gasteiger partial charge in [-0.2, -0.15) is 0 Å². The molecule has 1 aliphatic heterocycles. The molecule has 14 heavy (non-hydrogen) atoms. The summed E-state index contributed by atoms with van der Waals surface area (Å²) in [6.07, 6.45) is 0. The van der Waals surface area contributed by atoms with Crippen LogP contribution in [0.15, 0.2) is 12.1 Å². The van der Waals surface area contributed by atoms with E-state index in [1.807, 2.05) is 6.92 Å². The van der Waals surface area contributed by atoms with Crippen LogP contribution < -0.4 is 10.6 Å². The lowest BCUT2D eigenvalue weighted by Crippen LogP contribution is -2.36. The minimum absolute atomic E-state index is 0.0879. The third kappa shape index (κ3) is 1.56. The van der Waals surface area contributed by atoms with Crippen molar-refractivity contribution in [2.75, 3.05) is 5.32 Å². The van der Waals surface area contributed by atoms with Gasteiger partial charge in [0, 0.05) is 10.6 Å². The van der Waals surface area contributed by atoms with Gasteiger partial charge >= 0.3 is 0 Å². The lowest BCUT2D eigenvalue weighted by Gasteiger charge is -2.28. The minimum atomic E-state index is 0.0879. The molecule has 1 atom stereocenters. The molecule has 2 nitrogen and oxygen atoms in total. The number of hydrogen-bond donors (Lipinski definition) is 2. The van der Waals surface area contributed by atoms with E-state index in [2.05, 4.69) is 10.6 Å². The fourth-order valence-corrected chi connectivity index (χ4v) is 2.35. The van der Waals surface area contributed by atoms with E-state index in [-0.39, 0.29) is 6.04 Å². The number of thiocarbonyl (C=S) groups is 1. The molecule has 1 aliphatic rings. The van der Waals surface area contributed by atoms with Crippen LogP contribution in [-0.4, -0.2) is 5.11 Å². The van der Waals surface area contributed by atoms with Crippen molar-refractivity contribution < 1.29 is 0 Å². The number of benzene rings is 1. The molecule has 0 aromatic heterocycles. The van der Waals surface area contributed by atoms with Crippen molar-refractivity contribution >= 4 is 46.2 Å². The summed E-state index contributed by atoms with van der Waals surface area (Å²) in [5.41, 5.74) is 1.78. The number of anilines is 1. The molecule has 74 valence electrons. The maximum atomic E-state index is 6.07. The van der Waals surface area contributed by atoms with Gasteiger partial charge < -0.3 is 10.6 Å². The Bertz CT molecular complexity index is 406. The summed E-state index contributed by atoms with van der Waals surface area (Å²) in [6, 6.07) is 3.64. The molecule has 0 spiro atoms. The molecule has 0 fully saturated rings. The molecule has 0 saturated carbocycles. The second-order valence-corrected chi connectivity index (χ2v) is 4.36. The number of fused-ring (bicyclic) bond motifs is 1. The summed E-state index contributed by atoms with van der Waals surface area (Å²) in [6.45, 7) is 1.99. The average molecular weight is 247 g/mol. The lowest BCUT2D eigenvalue weighted by atomic mass is 10.0. The van der Waals surface area contributed by atoms with Gasteiger partial charge in [-0.3, -0.25) is 0 Å². The Morgan fingerprint density at radius 2 is 1.93 bits per heavy atom. The fourth-order valence-electron chi connectivity index (χ4n) is 1.54. The lowest BCUT2D eigenvalue weighted by molar-refractivity contribution is 0.713. The van der Waals surface area contributed by atoms with Crippen molar-refractivity contribution in [1.29, 1.82) is 0 Å². The Hall–Kier alpha value is -0.510. The van der Waals surface area contributed by atoms with Crippen LogP contribution >= 0.6 is 35.4 Å². The Morgan fingerprint density at radius 1 is 1.29 bits per heavy atom. The number of halogens is 2. The number of rotatable bonds is 0. The highest BCUT2D eigenvalue weighted by Crippen LogP contribution is 2.37. The van der Waals surface area contributed by atoms with Crippen LogP contribution in [0.1, 0.15) is 18.5 Å². The molecule has 2 N–H and O–H groups in total. The maximum absolute atomic E-state index is 6.07. The molecule has 1 aromatic carbocycles. The second-order valence-electron chi connectivity index (χ2n) is 3.14.